The van der Waals surface area contributed by atoms with E-state index < -0.39 is 10.0 Å². The van der Waals surface area contributed by atoms with Gasteiger partial charge in [-0.1, -0.05) is 19.8 Å². The molecule has 1 saturated carbocycles. The van der Waals surface area contributed by atoms with Gasteiger partial charge in [0.1, 0.15) is 4.90 Å². The van der Waals surface area contributed by atoms with Gasteiger partial charge in [0.2, 0.25) is 10.0 Å². The number of sulfonamides is 1. The van der Waals surface area contributed by atoms with Crippen LogP contribution in [-0.2, 0) is 10.0 Å². The van der Waals surface area contributed by atoms with Gasteiger partial charge in [-0.05, 0) is 30.7 Å². The highest BCUT2D eigenvalue weighted by atomic mass is 32.2. The van der Waals surface area contributed by atoms with E-state index in [4.69, 9.17) is 0 Å². The van der Waals surface area contributed by atoms with Crippen LogP contribution in [0.3, 0.4) is 0 Å². The molecule has 1 aromatic heterocycles. The summed E-state index contributed by atoms with van der Waals surface area (Å²) in [7, 11) is -1.81. The van der Waals surface area contributed by atoms with Gasteiger partial charge in [0.25, 0.3) is 0 Å². The van der Waals surface area contributed by atoms with Crippen molar-refractivity contribution in [2.24, 2.45) is 5.41 Å². The monoisotopic (exact) mass is 297 g/mol. The quantitative estimate of drug-likeness (QED) is 0.845. The zero-order chi connectivity index (χ0) is 14.6. The molecule has 0 amide bonds. The van der Waals surface area contributed by atoms with Gasteiger partial charge in [-0.2, -0.15) is 0 Å². The number of anilines is 1. The maximum atomic E-state index is 12.4. The van der Waals surface area contributed by atoms with E-state index in [9.17, 15) is 8.42 Å². The van der Waals surface area contributed by atoms with Gasteiger partial charge in [0.15, 0.2) is 0 Å². The molecule has 2 rings (SSSR count). The number of rotatable bonds is 6. The zero-order valence-corrected chi connectivity index (χ0v) is 13.0. The summed E-state index contributed by atoms with van der Waals surface area (Å²) in [6.45, 7) is 2.66. The standard InChI is InChI=1S/C14H23N3O2S/c1-3-14(7-4-5-8-14)11-17-20(18,19)13-10-16-9-6-12(13)15-2/h6,9-10,17H,3-5,7-8,11H2,1-2H3,(H,15,16). The lowest BCUT2D eigenvalue weighted by Crippen LogP contribution is -2.35. The average Bonchev–Trinajstić information content (AvgIpc) is 2.95. The predicted molar refractivity (Wildman–Crippen MR) is 80.2 cm³/mol. The SMILES string of the molecule is CCC1(CNS(=O)(=O)c2cnccc2NC)CCCC1. The minimum absolute atomic E-state index is 0.134. The van der Waals surface area contributed by atoms with Crippen LogP contribution in [0.1, 0.15) is 39.0 Å². The minimum atomic E-state index is -3.51. The molecule has 6 heteroatoms. The zero-order valence-electron chi connectivity index (χ0n) is 12.1. The van der Waals surface area contributed by atoms with E-state index >= 15 is 0 Å². The minimum Gasteiger partial charge on any atom is -0.387 e. The molecule has 1 aliphatic carbocycles. The first-order valence-corrected chi connectivity index (χ1v) is 8.63. The first-order valence-electron chi connectivity index (χ1n) is 7.14. The highest BCUT2D eigenvalue weighted by Crippen LogP contribution is 2.40. The molecule has 1 aromatic rings. The van der Waals surface area contributed by atoms with Crippen LogP contribution in [0.5, 0.6) is 0 Å². The van der Waals surface area contributed by atoms with Gasteiger partial charge in [-0.25, -0.2) is 13.1 Å². The highest BCUT2D eigenvalue weighted by Gasteiger charge is 2.33. The fourth-order valence-corrected chi connectivity index (χ4v) is 4.22. The van der Waals surface area contributed by atoms with Gasteiger partial charge in [-0.15, -0.1) is 0 Å². The van der Waals surface area contributed by atoms with Gasteiger partial charge >= 0.3 is 0 Å². The Morgan fingerprint density at radius 2 is 2.05 bits per heavy atom. The highest BCUT2D eigenvalue weighted by molar-refractivity contribution is 7.89. The Morgan fingerprint density at radius 3 is 2.65 bits per heavy atom. The first kappa shape index (κ1) is 15.3. The number of pyridine rings is 1. The van der Waals surface area contributed by atoms with Crippen molar-refractivity contribution in [2.75, 3.05) is 18.9 Å². The van der Waals surface area contributed by atoms with Crippen molar-refractivity contribution in [3.8, 4) is 0 Å². The Labute approximate surface area is 121 Å². The van der Waals surface area contributed by atoms with Crippen LogP contribution in [0.2, 0.25) is 0 Å². The van der Waals surface area contributed by atoms with Crippen LogP contribution in [0.4, 0.5) is 5.69 Å². The summed E-state index contributed by atoms with van der Waals surface area (Å²) in [6.07, 6.45) is 8.60. The van der Waals surface area contributed by atoms with E-state index in [-0.39, 0.29) is 10.3 Å². The molecule has 0 radical (unpaired) electrons. The lowest BCUT2D eigenvalue weighted by Gasteiger charge is -2.27. The van der Waals surface area contributed by atoms with E-state index in [0.717, 1.165) is 19.3 Å². The predicted octanol–water partition coefficient (Wildman–Crippen LogP) is 2.37. The molecule has 0 atom stereocenters. The second-order valence-corrected chi connectivity index (χ2v) is 7.24. The molecule has 0 unspecified atom stereocenters. The topological polar surface area (TPSA) is 71.1 Å². The fraction of sp³-hybridized carbons (Fsp3) is 0.643. The Bertz CT molecular complexity index is 551. The van der Waals surface area contributed by atoms with E-state index in [0.29, 0.717) is 12.2 Å². The summed E-state index contributed by atoms with van der Waals surface area (Å²) in [5.74, 6) is 0. The van der Waals surface area contributed by atoms with Crippen LogP contribution in [0, 0.1) is 5.41 Å². The van der Waals surface area contributed by atoms with Gasteiger partial charge in [-0.3, -0.25) is 4.98 Å². The Hall–Kier alpha value is -1.14. The lowest BCUT2D eigenvalue weighted by atomic mass is 9.84. The third kappa shape index (κ3) is 3.12. The molecule has 1 aliphatic rings. The molecule has 0 bridgehead atoms. The van der Waals surface area contributed by atoms with E-state index in [1.54, 1.807) is 19.3 Å². The first-order chi connectivity index (χ1) is 9.53. The van der Waals surface area contributed by atoms with Crippen molar-refractivity contribution in [3.05, 3.63) is 18.5 Å². The molecule has 0 saturated heterocycles. The van der Waals surface area contributed by atoms with Crippen LogP contribution in [0.25, 0.3) is 0 Å². The van der Waals surface area contributed by atoms with Crippen LogP contribution in [0.15, 0.2) is 23.4 Å². The number of nitrogens with zero attached hydrogens (tertiary/aromatic N) is 1. The van der Waals surface area contributed by atoms with Crippen LogP contribution >= 0.6 is 0 Å². The van der Waals surface area contributed by atoms with Crippen LogP contribution < -0.4 is 10.0 Å². The largest absolute Gasteiger partial charge is 0.387 e. The lowest BCUT2D eigenvalue weighted by molar-refractivity contribution is 0.285. The third-order valence-electron chi connectivity index (χ3n) is 4.39. The maximum Gasteiger partial charge on any atom is 0.244 e. The summed E-state index contributed by atoms with van der Waals surface area (Å²) >= 11 is 0. The molecule has 112 valence electrons. The maximum absolute atomic E-state index is 12.4. The second-order valence-electron chi connectivity index (χ2n) is 5.51. The van der Waals surface area contributed by atoms with Crippen molar-refractivity contribution in [1.82, 2.24) is 9.71 Å². The summed E-state index contributed by atoms with van der Waals surface area (Å²) in [4.78, 5) is 4.13. The molecule has 5 nitrogen and oxygen atoms in total. The summed E-state index contributed by atoms with van der Waals surface area (Å²) in [6, 6.07) is 1.67. The van der Waals surface area contributed by atoms with Crippen molar-refractivity contribution in [1.29, 1.82) is 0 Å². The van der Waals surface area contributed by atoms with Crippen molar-refractivity contribution in [3.63, 3.8) is 0 Å². The van der Waals surface area contributed by atoms with E-state index in [1.807, 2.05) is 0 Å². The summed E-state index contributed by atoms with van der Waals surface area (Å²) in [5.41, 5.74) is 0.708. The molecule has 0 aliphatic heterocycles. The summed E-state index contributed by atoms with van der Waals surface area (Å²) in [5, 5.41) is 2.89. The second kappa shape index (κ2) is 6.10. The number of hydrogen-bond acceptors (Lipinski definition) is 4. The number of hydrogen-bond donors (Lipinski definition) is 2. The average molecular weight is 297 g/mol. The molecule has 0 spiro atoms. The Morgan fingerprint density at radius 1 is 1.35 bits per heavy atom. The number of aromatic nitrogens is 1. The van der Waals surface area contributed by atoms with Crippen molar-refractivity contribution in [2.45, 2.75) is 43.9 Å². The van der Waals surface area contributed by atoms with E-state index in [2.05, 4.69) is 21.9 Å². The van der Waals surface area contributed by atoms with Gasteiger partial charge in [0.05, 0.1) is 5.69 Å². The van der Waals surface area contributed by atoms with Crippen molar-refractivity contribution >= 4 is 15.7 Å². The fourth-order valence-electron chi connectivity index (χ4n) is 2.91. The molecule has 1 fully saturated rings. The Balaban J connectivity index is 2.15. The van der Waals surface area contributed by atoms with Gasteiger partial charge < -0.3 is 5.32 Å². The Kier molecular flexibility index (Phi) is 4.65. The normalized spacial score (nSPS) is 18.1. The number of nitrogens with one attached hydrogen (secondary N) is 2. The van der Waals surface area contributed by atoms with Crippen molar-refractivity contribution < 1.29 is 8.42 Å². The molecule has 2 N–H and O–H groups in total. The molecule has 0 aromatic carbocycles. The summed E-state index contributed by atoms with van der Waals surface area (Å²) < 4.78 is 27.6. The molecule has 1 heterocycles. The molecular formula is C14H23N3O2S. The third-order valence-corrected chi connectivity index (χ3v) is 5.82. The molecule has 20 heavy (non-hydrogen) atoms. The smallest absolute Gasteiger partial charge is 0.244 e. The van der Waals surface area contributed by atoms with Gasteiger partial charge in [0, 0.05) is 26.0 Å². The van der Waals surface area contributed by atoms with E-state index in [1.165, 1.54) is 19.0 Å². The molecular weight excluding hydrogens is 274 g/mol. The van der Waals surface area contributed by atoms with Crippen LogP contribution in [-0.4, -0.2) is 27.0 Å².